The first-order valence-electron chi connectivity index (χ1n) is 12.3. The highest BCUT2D eigenvalue weighted by atomic mass is 31.2. The number of hydrogen-bond donors (Lipinski definition) is 6. The van der Waals surface area contributed by atoms with Crippen molar-refractivity contribution in [2.24, 2.45) is 5.92 Å². The monoisotopic (exact) mass is 560 g/mol. The van der Waals surface area contributed by atoms with Crippen LogP contribution >= 0.6 is 7.82 Å². The molecule has 0 saturated heterocycles. The molecule has 12 nitrogen and oxygen atoms in total. The number of carbonyl (C=O) groups excluding carboxylic acids is 3. The summed E-state index contributed by atoms with van der Waals surface area (Å²) in [6.45, 7) is 3.93. The first-order chi connectivity index (χ1) is 18.4. The van der Waals surface area contributed by atoms with Crippen molar-refractivity contribution in [1.29, 1.82) is 5.26 Å². The Balaban J connectivity index is 2.27. The van der Waals surface area contributed by atoms with Gasteiger partial charge in [-0.15, -0.1) is 0 Å². The number of carbonyl (C=O) groups is 3. The van der Waals surface area contributed by atoms with Gasteiger partial charge >= 0.3 is 7.82 Å². The topological polar surface area (TPSA) is 198 Å². The van der Waals surface area contributed by atoms with Crippen LogP contribution in [0.5, 0.6) is 5.75 Å². The summed E-state index contributed by atoms with van der Waals surface area (Å²) in [6.07, 6.45) is 0.686. The quantitative estimate of drug-likeness (QED) is 0.146. The van der Waals surface area contributed by atoms with Gasteiger partial charge in [0.25, 0.3) is 5.91 Å². The van der Waals surface area contributed by atoms with Crippen molar-refractivity contribution in [3.8, 4) is 11.8 Å². The van der Waals surface area contributed by atoms with Crippen molar-refractivity contribution in [1.82, 2.24) is 16.0 Å². The average Bonchev–Trinajstić information content (AvgIpc) is 2.87. The van der Waals surface area contributed by atoms with Crippen molar-refractivity contribution in [3.05, 3.63) is 65.2 Å². The maximum atomic E-state index is 13.4. The third-order valence-corrected chi connectivity index (χ3v) is 5.91. The Hall–Kier alpha value is -3.75. The van der Waals surface area contributed by atoms with Crippen molar-refractivity contribution >= 4 is 25.5 Å². The van der Waals surface area contributed by atoms with E-state index < -0.39 is 37.6 Å². The molecule has 0 aromatic heterocycles. The summed E-state index contributed by atoms with van der Waals surface area (Å²) in [4.78, 5) is 57.0. The molecule has 0 unspecified atom stereocenters. The molecular weight excluding hydrogens is 527 g/mol. The number of nitrogens with one attached hydrogen (secondary N) is 3. The third kappa shape index (κ3) is 11.3. The molecule has 13 heteroatoms. The first-order valence-corrected chi connectivity index (χ1v) is 13.8. The lowest BCUT2D eigenvalue weighted by atomic mass is 10.0. The molecule has 0 fully saturated rings. The number of aliphatic hydroxyl groups excluding tert-OH is 1. The molecule has 39 heavy (non-hydrogen) atoms. The lowest BCUT2D eigenvalue weighted by Gasteiger charge is -2.24. The van der Waals surface area contributed by atoms with Gasteiger partial charge in [-0.2, -0.15) is 5.26 Å². The van der Waals surface area contributed by atoms with E-state index in [9.17, 15) is 18.9 Å². The van der Waals surface area contributed by atoms with E-state index in [0.717, 1.165) is 0 Å². The molecule has 2 aromatic rings. The number of amides is 3. The molecule has 0 aliphatic carbocycles. The van der Waals surface area contributed by atoms with E-state index in [4.69, 9.17) is 20.2 Å². The average molecular weight is 561 g/mol. The predicted octanol–water partition coefficient (Wildman–Crippen LogP) is 1.40. The van der Waals surface area contributed by atoms with Gasteiger partial charge in [0, 0.05) is 25.1 Å². The van der Waals surface area contributed by atoms with Crippen molar-refractivity contribution in [2.75, 3.05) is 13.2 Å². The molecule has 2 rings (SSSR count). The Labute approximate surface area is 226 Å². The lowest BCUT2D eigenvalue weighted by Crippen LogP contribution is -2.54. The maximum Gasteiger partial charge on any atom is 0.524 e. The molecule has 0 aliphatic heterocycles. The van der Waals surface area contributed by atoms with Crippen LogP contribution in [-0.2, 0) is 20.6 Å². The largest absolute Gasteiger partial charge is 0.524 e. The molecule has 0 spiro atoms. The van der Waals surface area contributed by atoms with E-state index in [1.807, 2.05) is 19.9 Å². The number of phosphoric ester groups is 1. The Morgan fingerprint density at radius 1 is 0.974 bits per heavy atom. The molecule has 0 heterocycles. The van der Waals surface area contributed by atoms with Crippen LogP contribution in [0.3, 0.4) is 0 Å². The van der Waals surface area contributed by atoms with E-state index in [1.54, 1.807) is 0 Å². The SMILES string of the molecule is CC(C)C[C@H](NC(=O)[C@H](Cc1ccc(OP(=O)(O)O)cc1)NC(=O)c1ccc(C#N)cc1)C(=O)NCCCO. The smallest absolute Gasteiger partial charge is 0.404 e. The number of benzene rings is 2. The van der Waals surface area contributed by atoms with E-state index >= 15 is 0 Å². The fraction of sp³-hybridized carbons (Fsp3) is 0.385. The third-order valence-electron chi connectivity index (χ3n) is 5.46. The van der Waals surface area contributed by atoms with Crippen LogP contribution in [0.15, 0.2) is 48.5 Å². The van der Waals surface area contributed by atoms with Crippen LogP contribution in [0, 0.1) is 17.2 Å². The summed E-state index contributed by atoms with van der Waals surface area (Å²) in [5, 5.41) is 26.0. The molecule has 0 aliphatic rings. The molecule has 2 atom stereocenters. The normalized spacial score (nSPS) is 12.6. The number of nitriles is 1. The summed E-state index contributed by atoms with van der Waals surface area (Å²) >= 11 is 0. The van der Waals surface area contributed by atoms with Gasteiger partial charge in [0.05, 0.1) is 11.6 Å². The Morgan fingerprint density at radius 3 is 2.15 bits per heavy atom. The summed E-state index contributed by atoms with van der Waals surface area (Å²) in [5.74, 6) is -1.62. The summed E-state index contributed by atoms with van der Waals surface area (Å²) in [7, 11) is -4.75. The van der Waals surface area contributed by atoms with Gasteiger partial charge in [-0.25, -0.2) is 4.57 Å². The lowest BCUT2D eigenvalue weighted by molar-refractivity contribution is -0.130. The summed E-state index contributed by atoms with van der Waals surface area (Å²) in [6, 6.07) is 11.4. The van der Waals surface area contributed by atoms with Gasteiger partial charge in [-0.3, -0.25) is 24.2 Å². The minimum Gasteiger partial charge on any atom is -0.404 e. The molecular formula is C26H33N4O8P. The Kier molecular flexibility index (Phi) is 12.1. The molecule has 0 saturated carbocycles. The Bertz CT molecular complexity index is 1210. The zero-order valence-electron chi connectivity index (χ0n) is 21.7. The fourth-order valence-electron chi connectivity index (χ4n) is 3.60. The highest BCUT2D eigenvalue weighted by Crippen LogP contribution is 2.37. The van der Waals surface area contributed by atoms with Gasteiger partial charge in [-0.05, 0) is 60.7 Å². The van der Waals surface area contributed by atoms with E-state index in [-0.39, 0.29) is 36.8 Å². The van der Waals surface area contributed by atoms with Gasteiger partial charge in [0.15, 0.2) is 0 Å². The number of phosphoric acid groups is 1. The number of hydrogen-bond acceptors (Lipinski definition) is 7. The van der Waals surface area contributed by atoms with Gasteiger partial charge < -0.3 is 25.6 Å². The van der Waals surface area contributed by atoms with Crippen LogP contribution in [0.2, 0.25) is 0 Å². The van der Waals surface area contributed by atoms with Crippen LogP contribution in [-0.4, -0.2) is 57.9 Å². The second-order valence-electron chi connectivity index (χ2n) is 9.20. The molecule has 2 aromatic carbocycles. The second kappa shape index (κ2) is 15.0. The summed E-state index contributed by atoms with van der Waals surface area (Å²) in [5.41, 5.74) is 1.13. The highest BCUT2D eigenvalue weighted by Gasteiger charge is 2.28. The van der Waals surface area contributed by atoms with Crippen LogP contribution < -0.4 is 20.5 Å². The van der Waals surface area contributed by atoms with Crippen LogP contribution in [0.4, 0.5) is 0 Å². The van der Waals surface area contributed by atoms with Crippen LogP contribution in [0.1, 0.15) is 48.2 Å². The van der Waals surface area contributed by atoms with E-state index in [1.165, 1.54) is 48.5 Å². The van der Waals surface area contributed by atoms with Gasteiger partial charge in [0.2, 0.25) is 11.8 Å². The standard InChI is InChI=1S/C26H33N4O8P/c1-17(2)14-22(25(33)28-12-3-13-31)30-26(34)23(29-24(32)20-8-4-19(16-27)5-9-20)15-18-6-10-21(11-7-18)38-39(35,36)37/h4-11,17,22-23,31H,3,12-15H2,1-2H3,(H,28,33)(H,29,32)(H,30,34)(H2,35,36,37)/t22-,23-/m0/s1. The van der Waals surface area contributed by atoms with Gasteiger partial charge in [-0.1, -0.05) is 26.0 Å². The van der Waals surface area contributed by atoms with Crippen molar-refractivity contribution in [3.63, 3.8) is 0 Å². The number of aliphatic hydroxyl groups is 1. The molecule has 6 N–H and O–H groups in total. The Morgan fingerprint density at radius 2 is 1.62 bits per heavy atom. The predicted molar refractivity (Wildman–Crippen MR) is 141 cm³/mol. The van der Waals surface area contributed by atoms with E-state index in [2.05, 4.69) is 20.5 Å². The summed E-state index contributed by atoms with van der Waals surface area (Å²) < 4.78 is 15.6. The molecule has 0 radical (unpaired) electrons. The number of nitrogens with zero attached hydrogens (tertiary/aromatic N) is 1. The molecule has 0 bridgehead atoms. The van der Waals surface area contributed by atoms with Crippen molar-refractivity contribution in [2.45, 2.75) is 45.2 Å². The maximum absolute atomic E-state index is 13.4. The molecule has 3 amide bonds. The molecule has 210 valence electrons. The highest BCUT2D eigenvalue weighted by molar-refractivity contribution is 7.46. The first kappa shape index (κ1) is 31.5. The minimum atomic E-state index is -4.75. The van der Waals surface area contributed by atoms with E-state index in [0.29, 0.717) is 24.0 Å². The van der Waals surface area contributed by atoms with Crippen LogP contribution in [0.25, 0.3) is 0 Å². The fourth-order valence-corrected chi connectivity index (χ4v) is 3.99. The minimum absolute atomic E-state index is 0.00935. The van der Waals surface area contributed by atoms with Gasteiger partial charge in [0.1, 0.15) is 17.8 Å². The van der Waals surface area contributed by atoms with Crippen molar-refractivity contribution < 1.29 is 38.4 Å². The second-order valence-corrected chi connectivity index (χ2v) is 10.4. The zero-order chi connectivity index (χ0) is 29.0. The number of rotatable bonds is 14. The zero-order valence-corrected chi connectivity index (χ0v) is 22.6.